The minimum absolute atomic E-state index is 0.0950. The van der Waals surface area contributed by atoms with Crippen molar-refractivity contribution >= 4 is 40.7 Å². The lowest BCUT2D eigenvalue weighted by Gasteiger charge is -2.22. The van der Waals surface area contributed by atoms with E-state index >= 15 is 0 Å². The lowest BCUT2D eigenvalue weighted by atomic mass is 9.91. The van der Waals surface area contributed by atoms with Gasteiger partial charge in [0, 0.05) is 10.4 Å². The number of alkyl halides is 2. The predicted octanol–water partition coefficient (Wildman–Crippen LogP) is 5.13. The van der Waals surface area contributed by atoms with Gasteiger partial charge in [-0.05, 0) is 31.0 Å². The molecule has 0 saturated heterocycles. The van der Waals surface area contributed by atoms with Crippen molar-refractivity contribution < 1.29 is 4.79 Å². The molecule has 1 fully saturated rings. The Labute approximate surface area is 141 Å². The van der Waals surface area contributed by atoms with Crippen LogP contribution in [0.3, 0.4) is 0 Å². The van der Waals surface area contributed by atoms with E-state index in [4.69, 9.17) is 34.8 Å². The standard InChI is InChI=1S/C16H20Cl3NO/c1-5-15(14(3,4)16(15,18)19)13(21)20-10(2)11-6-8-12(17)9-7-11/h6-10H,5H2,1-4H3,(H,20,21). The number of hydrogen-bond donors (Lipinski definition) is 1. The van der Waals surface area contributed by atoms with Crippen molar-refractivity contribution in [1.29, 1.82) is 0 Å². The Kier molecular flexibility index (Phi) is 4.29. The Morgan fingerprint density at radius 2 is 1.71 bits per heavy atom. The fourth-order valence-electron chi connectivity index (χ4n) is 3.26. The van der Waals surface area contributed by atoms with Crippen LogP contribution >= 0.6 is 34.8 Å². The van der Waals surface area contributed by atoms with Gasteiger partial charge >= 0.3 is 0 Å². The van der Waals surface area contributed by atoms with Gasteiger partial charge in [-0.3, -0.25) is 4.79 Å². The summed E-state index contributed by atoms with van der Waals surface area (Å²) < 4.78 is -1.03. The molecule has 0 aliphatic heterocycles. The number of benzene rings is 1. The molecule has 1 aliphatic carbocycles. The average molecular weight is 349 g/mol. The van der Waals surface area contributed by atoms with Gasteiger partial charge in [-0.2, -0.15) is 0 Å². The molecule has 116 valence electrons. The fourth-order valence-corrected chi connectivity index (χ4v) is 4.52. The van der Waals surface area contributed by atoms with Crippen LogP contribution in [0.1, 0.15) is 45.7 Å². The van der Waals surface area contributed by atoms with E-state index in [-0.39, 0.29) is 11.9 Å². The number of halogens is 3. The van der Waals surface area contributed by atoms with Crippen LogP contribution in [0.4, 0.5) is 0 Å². The molecule has 0 spiro atoms. The highest BCUT2D eigenvalue weighted by Gasteiger charge is 2.84. The molecule has 21 heavy (non-hydrogen) atoms. The van der Waals surface area contributed by atoms with Gasteiger partial charge < -0.3 is 5.32 Å². The van der Waals surface area contributed by atoms with Gasteiger partial charge in [-0.15, -0.1) is 0 Å². The summed E-state index contributed by atoms with van der Waals surface area (Å²) in [6.07, 6.45) is 0.603. The molecule has 1 aromatic carbocycles. The number of rotatable bonds is 4. The minimum atomic E-state index is -1.03. The van der Waals surface area contributed by atoms with Crippen molar-refractivity contribution in [1.82, 2.24) is 5.32 Å². The number of hydrogen-bond acceptors (Lipinski definition) is 1. The van der Waals surface area contributed by atoms with E-state index in [0.717, 1.165) is 5.56 Å². The summed E-state index contributed by atoms with van der Waals surface area (Å²) in [7, 11) is 0. The van der Waals surface area contributed by atoms with Crippen LogP contribution < -0.4 is 5.32 Å². The second kappa shape index (κ2) is 5.33. The topological polar surface area (TPSA) is 29.1 Å². The molecular formula is C16H20Cl3NO. The second-order valence-electron chi connectivity index (χ2n) is 6.20. The molecule has 0 radical (unpaired) electrons. The fraction of sp³-hybridized carbons (Fsp3) is 0.562. The van der Waals surface area contributed by atoms with Gasteiger partial charge in [0.15, 0.2) is 0 Å². The molecular weight excluding hydrogens is 329 g/mol. The molecule has 2 rings (SSSR count). The first-order chi connectivity index (χ1) is 9.61. The zero-order chi connectivity index (χ0) is 16.1. The summed E-state index contributed by atoms with van der Waals surface area (Å²) >= 11 is 18.7. The molecule has 1 saturated carbocycles. The first kappa shape index (κ1) is 16.9. The largest absolute Gasteiger partial charge is 0.349 e. The SMILES string of the molecule is CCC1(C(=O)NC(C)c2ccc(Cl)cc2)C(C)(C)C1(Cl)Cl. The van der Waals surface area contributed by atoms with Crippen LogP contribution in [0.25, 0.3) is 0 Å². The third-order valence-corrected chi connectivity index (χ3v) is 6.80. The first-order valence-electron chi connectivity index (χ1n) is 7.06. The molecule has 0 heterocycles. The van der Waals surface area contributed by atoms with Crippen LogP contribution in [0.2, 0.25) is 5.02 Å². The zero-order valence-corrected chi connectivity index (χ0v) is 14.9. The third-order valence-electron chi connectivity index (χ3n) is 4.96. The summed E-state index contributed by atoms with van der Waals surface area (Å²) in [5.41, 5.74) is -0.196. The molecule has 2 atom stereocenters. The number of nitrogens with one attached hydrogen (secondary N) is 1. The maximum absolute atomic E-state index is 12.7. The normalized spacial score (nSPS) is 27.0. The Morgan fingerprint density at radius 1 is 1.24 bits per heavy atom. The Hall–Kier alpha value is -0.440. The Balaban J connectivity index is 2.17. The lowest BCUT2D eigenvalue weighted by molar-refractivity contribution is -0.128. The van der Waals surface area contributed by atoms with Crippen molar-refractivity contribution in [2.75, 3.05) is 0 Å². The number of carbonyl (C=O) groups excluding carboxylic acids is 1. The highest BCUT2D eigenvalue weighted by Crippen LogP contribution is 2.79. The van der Waals surface area contributed by atoms with E-state index in [1.54, 1.807) is 0 Å². The number of amides is 1. The summed E-state index contributed by atoms with van der Waals surface area (Å²) in [6, 6.07) is 7.29. The van der Waals surface area contributed by atoms with Crippen molar-refractivity contribution in [2.45, 2.75) is 44.5 Å². The molecule has 1 aliphatic rings. The van der Waals surface area contributed by atoms with Gasteiger partial charge in [0.05, 0.1) is 11.5 Å². The van der Waals surface area contributed by atoms with E-state index in [2.05, 4.69) is 5.32 Å². The van der Waals surface area contributed by atoms with Gasteiger partial charge in [-0.25, -0.2) is 0 Å². The van der Waals surface area contributed by atoms with Gasteiger partial charge in [-0.1, -0.05) is 67.7 Å². The maximum atomic E-state index is 12.7. The first-order valence-corrected chi connectivity index (χ1v) is 8.19. The van der Waals surface area contributed by atoms with E-state index < -0.39 is 15.2 Å². The second-order valence-corrected chi connectivity index (χ2v) is 7.97. The molecule has 2 nitrogen and oxygen atoms in total. The molecule has 2 unspecified atom stereocenters. The monoisotopic (exact) mass is 347 g/mol. The highest BCUT2D eigenvalue weighted by atomic mass is 35.5. The van der Waals surface area contributed by atoms with E-state index in [1.165, 1.54) is 0 Å². The van der Waals surface area contributed by atoms with Crippen molar-refractivity contribution in [3.63, 3.8) is 0 Å². The van der Waals surface area contributed by atoms with Gasteiger partial charge in [0.1, 0.15) is 4.33 Å². The molecule has 5 heteroatoms. The lowest BCUT2D eigenvalue weighted by Crippen LogP contribution is -2.37. The van der Waals surface area contributed by atoms with Crippen LogP contribution in [0, 0.1) is 10.8 Å². The van der Waals surface area contributed by atoms with E-state index in [0.29, 0.717) is 11.4 Å². The zero-order valence-electron chi connectivity index (χ0n) is 12.6. The van der Waals surface area contributed by atoms with Crippen molar-refractivity contribution in [2.24, 2.45) is 10.8 Å². The average Bonchev–Trinajstić information content (AvgIpc) is 2.76. The van der Waals surface area contributed by atoms with Crippen molar-refractivity contribution in [3.05, 3.63) is 34.9 Å². The van der Waals surface area contributed by atoms with E-state index in [9.17, 15) is 4.79 Å². The van der Waals surface area contributed by atoms with Crippen LogP contribution in [-0.4, -0.2) is 10.2 Å². The van der Waals surface area contributed by atoms with E-state index in [1.807, 2.05) is 52.0 Å². The Bertz CT molecular complexity index is 537. The van der Waals surface area contributed by atoms with Crippen LogP contribution in [0.5, 0.6) is 0 Å². The molecule has 1 amide bonds. The number of carbonyl (C=O) groups is 1. The predicted molar refractivity (Wildman–Crippen MR) is 89.0 cm³/mol. The minimum Gasteiger partial charge on any atom is -0.349 e. The Morgan fingerprint density at radius 3 is 2.10 bits per heavy atom. The van der Waals surface area contributed by atoms with Crippen molar-refractivity contribution in [3.8, 4) is 0 Å². The van der Waals surface area contributed by atoms with Crippen LogP contribution in [0.15, 0.2) is 24.3 Å². The summed E-state index contributed by atoms with van der Waals surface area (Å²) in [6.45, 7) is 7.75. The molecule has 0 aromatic heterocycles. The quantitative estimate of drug-likeness (QED) is 0.751. The van der Waals surface area contributed by atoms with Gasteiger partial charge in [0.25, 0.3) is 0 Å². The van der Waals surface area contributed by atoms with Gasteiger partial charge in [0.2, 0.25) is 5.91 Å². The molecule has 0 bridgehead atoms. The third kappa shape index (κ3) is 2.27. The maximum Gasteiger partial charge on any atom is 0.230 e. The summed E-state index contributed by atoms with van der Waals surface area (Å²) in [5.74, 6) is -0.0950. The summed E-state index contributed by atoms with van der Waals surface area (Å²) in [5, 5.41) is 3.70. The molecule has 1 N–H and O–H groups in total. The van der Waals surface area contributed by atoms with Crippen LogP contribution in [-0.2, 0) is 4.79 Å². The summed E-state index contributed by atoms with van der Waals surface area (Å²) in [4.78, 5) is 12.7. The smallest absolute Gasteiger partial charge is 0.230 e. The molecule has 1 aromatic rings. The highest BCUT2D eigenvalue weighted by molar-refractivity contribution is 6.54.